The Hall–Kier alpha value is -0.930. The molecule has 0 saturated carbocycles. The fourth-order valence-electron chi connectivity index (χ4n) is 1.34. The van der Waals surface area contributed by atoms with Gasteiger partial charge in [0.05, 0.1) is 15.7 Å². The van der Waals surface area contributed by atoms with Gasteiger partial charge in [-0.2, -0.15) is 0 Å². The highest BCUT2D eigenvalue weighted by Crippen LogP contribution is 2.33. The van der Waals surface area contributed by atoms with Crippen molar-refractivity contribution >= 4 is 34.1 Å². The Balaban J connectivity index is 2.98. The number of fused-ring (bicyclic) bond motifs is 1. The van der Waals surface area contributed by atoms with Crippen LogP contribution in [-0.4, -0.2) is 4.98 Å². The Kier molecular flexibility index (Phi) is 2.52. The van der Waals surface area contributed by atoms with Gasteiger partial charge in [-0.15, -0.1) is 0 Å². The van der Waals surface area contributed by atoms with Crippen LogP contribution in [0.15, 0.2) is 12.1 Å². The van der Waals surface area contributed by atoms with E-state index in [-0.39, 0.29) is 20.9 Å². The highest BCUT2D eigenvalue weighted by Gasteiger charge is 2.13. The van der Waals surface area contributed by atoms with E-state index in [0.717, 1.165) is 12.1 Å². The van der Waals surface area contributed by atoms with E-state index in [1.807, 2.05) is 0 Å². The van der Waals surface area contributed by atoms with Crippen LogP contribution in [0.2, 0.25) is 10.0 Å². The summed E-state index contributed by atoms with van der Waals surface area (Å²) in [6, 6.07) is 1.87. The first-order valence-corrected chi connectivity index (χ1v) is 4.86. The third-order valence-electron chi connectivity index (χ3n) is 2.05. The molecule has 1 aromatic carbocycles. The molecule has 0 aliphatic carbocycles. The first-order chi connectivity index (χ1) is 7.00. The predicted octanol–water partition coefficient (Wildman–Crippen LogP) is 4.13. The van der Waals surface area contributed by atoms with E-state index >= 15 is 0 Å². The smallest absolute Gasteiger partial charge is 0.152 e. The summed E-state index contributed by atoms with van der Waals surface area (Å²) in [7, 11) is 0. The largest absolute Gasteiger partial charge is 0.248 e. The predicted molar refractivity (Wildman–Crippen MR) is 56.4 cm³/mol. The highest BCUT2D eigenvalue weighted by molar-refractivity contribution is 6.45. The molecule has 5 heteroatoms. The van der Waals surface area contributed by atoms with Crippen molar-refractivity contribution in [2.75, 3.05) is 0 Å². The van der Waals surface area contributed by atoms with Crippen LogP contribution >= 0.6 is 23.2 Å². The van der Waals surface area contributed by atoms with Gasteiger partial charge >= 0.3 is 0 Å². The molecule has 1 heterocycles. The van der Waals surface area contributed by atoms with Gasteiger partial charge in [-0.25, -0.2) is 13.8 Å². The molecule has 0 spiro atoms. The summed E-state index contributed by atoms with van der Waals surface area (Å²) in [4.78, 5) is 3.92. The number of aryl methyl sites for hydroxylation is 1. The molecule has 0 bridgehead atoms. The number of halogens is 4. The van der Waals surface area contributed by atoms with Crippen LogP contribution in [0.4, 0.5) is 8.78 Å². The molecule has 1 aromatic heterocycles. The minimum atomic E-state index is -0.744. The third-order valence-corrected chi connectivity index (χ3v) is 3.01. The van der Waals surface area contributed by atoms with Crippen LogP contribution in [0.1, 0.15) is 5.69 Å². The number of aromatic nitrogens is 1. The standard InChI is InChI=1S/C10H5Cl2F2N/c1-4-8(11)9(12)6-2-5(13)3-7(14)10(6)15-4/h2-3H,1H3. The maximum absolute atomic E-state index is 13.3. The van der Waals surface area contributed by atoms with Crippen LogP contribution in [-0.2, 0) is 0 Å². The van der Waals surface area contributed by atoms with Gasteiger partial charge in [-0.3, -0.25) is 0 Å². The van der Waals surface area contributed by atoms with Crippen LogP contribution < -0.4 is 0 Å². The van der Waals surface area contributed by atoms with Gasteiger partial charge in [-0.1, -0.05) is 23.2 Å². The van der Waals surface area contributed by atoms with Crippen LogP contribution in [0, 0.1) is 18.6 Å². The van der Waals surface area contributed by atoms with Gasteiger partial charge in [0.15, 0.2) is 5.82 Å². The average molecular weight is 248 g/mol. The number of benzene rings is 1. The van der Waals surface area contributed by atoms with E-state index in [0.29, 0.717) is 5.69 Å². The van der Waals surface area contributed by atoms with Gasteiger partial charge in [0, 0.05) is 11.5 Å². The Bertz CT molecular complexity index is 555. The molecular formula is C10H5Cl2F2N. The second-order valence-electron chi connectivity index (χ2n) is 3.11. The zero-order valence-electron chi connectivity index (χ0n) is 7.61. The second kappa shape index (κ2) is 3.58. The van der Waals surface area contributed by atoms with E-state index in [1.54, 1.807) is 6.92 Å². The van der Waals surface area contributed by atoms with Gasteiger partial charge in [0.2, 0.25) is 0 Å². The minimum Gasteiger partial charge on any atom is -0.248 e. The van der Waals surface area contributed by atoms with Gasteiger partial charge in [0.1, 0.15) is 11.3 Å². The average Bonchev–Trinajstić information content (AvgIpc) is 2.17. The SMILES string of the molecule is Cc1nc2c(F)cc(F)cc2c(Cl)c1Cl. The van der Waals surface area contributed by atoms with Crippen molar-refractivity contribution in [3.05, 3.63) is 39.5 Å². The Labute approximate surface area is 94.6 Å². The molecular weight excluding hydrogens is 243 g/mol. The van der Waals surface area contributed by atoms with Crippen molar-refractivity contribution in [1.29, 1.82) is 0 Å². The van der Waals surface area contributed by atoms with Crippen LogP contribution in [0.5, 0.6) is 0 Å². The van der Waals surface area contributed by atoms with E-state index < -0.39 is 11.6 Å². The maximum atomic E-state index is 13.3. The van der Waals surface area contributed by atoms with Crippen molar-refractivity contribution < 1.29 is 8.78 Å². The van der Waals surface area contributed by atoms with E-state index in [2.05, 4.69) is 4.98 Å². The van der Waals surface area contributed by atoms with Crippen molar-refractivity contribution in [3.8, 4) is 0 Å². The van der Waals surface area contributed by atoms with Crippen molar-refractivity contribution in [1.82, 2.24) is 4.98 Å². The second-order valence-corrected chi connectivity index (χ2v) is 3.86. The molecule has 0 radical (unpaired) electrons. The van der Waals surface area contributed by atoms with Crippen LogP contribution in [0.3, 0.4) is 0 Å². The third kappa shape index (κ3) is 1.66. The first kappa shape index (κ1) is 10.6. The lowest BCUT2D eigenvalue weighted by Gasteiger charge is -2.06. The molecule has 78 valence electrons. The molecule has 0 aliphatic rings. The first-order valence-electron chi connectivity index (χ1n) is 4.11. The molecule has 1 nitrogen and oxygen atoms in total. The molecule has 15 heavy (non-hydrogen) atoms. The summed E-state index contributed by atoms with van der Waals surface area (Å²) in [5.74, 6) is -1.45. The van der Waals surface area contributed by atoms with E-state index in [4.69, 9.17) is 23.2 Å². The molecule has 0 unspecified atom stereocenters. The Morgan fingerprint density at radius 3 is 2.47 bits per heavy atom. The Morgan fingerprint density at radius 1 is 1.13 bits per heavy atom. The number of hydrogen-bond donors (Lipinski definition) is 0. The van der Waals surface area contributed by atoms with Crippen molar-refractivity contribution in [3.63, 3.8) is 0 Å². The summed E-state index contributed by atoms with van der Waals surface area (Å²) in [5.41, 5.74) is 0.447. The van der Waals surface area contributed by atoms with E-state index in [1.165, 1.54) is 0 Å². The molecule has 2 rings (SSSR count). The molecule has 0 saturated heterocycles. The minimum absolute atomic E-state index is 0.0308. The molecule has 0 N–H and O–H groups in total. The van der Waals surface area contributed by atoms with Gasteiger partial charge in [0.25, 0.3) is 0 Å². The molecule has 0 amide bonds. The fourth-order valence-corrected chi connectivity index (χ4v) is 1.77. The topological polar surface area (TPSA) is 12.9 Å². The molecule has 0 fully saturated rings. The maximum Gasteiger partial charge on any atom is 0.152 e. The highest BCUT2D eigenvalue weighted by atomic mass is 35.5. The van der Waals surface area contributed by atoms with Gasteiger partial charge < -0.3 is 0 Å². The number of rotatable bonds is 0. The number of hydrogen-bond acceptors (Lipinski definition) is 1. The number of pyridine rings is 1. The summed E-state index contributed by atoms with van der Waals surface area (Å²) >= 11 is 11.7. The molecule has 2 aromatic rings. The molecule has 0 atom stereocenters. The van der Waals surface area contributed by atoms with E-state index in [9.17, 15) is 8.78 Å². The summed E-state index contributed by atoms with van der Waals surface area (Å²) in [5, 5.41) is 0.525. The summed E-state index contributed by atoms with van der Waals surface area (Å²) in [6.45, 7) is 1.61. The normalized spacial score (nSPS) is 11.0. The van der Waals surface area contributed by atoms with Gasteiger partial charge in [-0.05, 0) is 13.0 Å². The zero-order chi connectivity index (χ0) is 11.2. The Morgan fingerprint density at radius 2 is 1.80 bits per heavy atom. The van der Waals surface area contributed by atoms with Crippen LogP contribution in [0.25, 0.3) is 10.9 Å². The summed E-state index contributed by atoms with van der Waals surface area (Å²) < 4.78 is 26.3. The lowest BCUT2D eigenvalue weighted by molar-refractivity contribution is 0.590. The monoisotopic (exact) mass is 247 g/mol. The lowest BCUT2D eigenvalue weighted by atomic mass is 10.2. The summed E-state index contributed by atoms with van der Waals surface area (Å²) in [6.07, 6.45) is 0. The zero-order valence-corrected chi connectivity index (χ0v) is 9.13. The number of nitrogens with zero attached hydrogens (tertiary/aromatic N) is 1. The lowest BCUT2D eigenvalue weighted by Crippen LogP contribution is -1.92. The quantitative estimate of drug-likeness (QED) is 0.683. The van der Waals surface area contributed by atoms with Crippen molar-refractivity contribution in [2.45, 2.75) is 6.92 Å². The van der Waals surface area contributed by atoms with Crippen molar-refractivity contribution in [2.24, 2.45) is 0 Å². The molecule has 0 aliphatic heterocycles. The fraction of sp³-hybridized carbons (Fsp3) is 0.100.